The van der Waals surface area contributed by atoms with Crippen LogP contribution in [0.1, 0.15) is 124 Å². The molecule has 3 saturated heterocycles. The number of aromatic nitrogens is 2. The first-order valence-electron chi connectivity index (χ1n) is 24.5. The van der Waals surface area contributed by atoms with Crippen LogP contribution in [0, 0.1) is 11.3 Å². The number of nitrogens with zero attached hydrogens (tertiary/aromatic N) is 5. The topological polar surface area (TPSA) is 118 Å². The molecule has 1 aromatic heterocycles. The molecule has 4 heterocycles. The normalized spacial score (nSPS) is 24.1. The maximum Gasteiger partial charge on any atom is 0.395 e. The Kier molecular flexibility index (Phi) is 14.4. The van der Waals surface area contributed by atoms with Crippen LogP contribution in [0.15, 0.2) is 71.5 Å². The summed E-state index contributed by atoms with van der Waals surface area (Å²) in [5.41, 5.74) is 2.22. The number of hydrogen-bond donors (Lipinski definition) is 1. The van der Waals surface area contributed by atoms with Crippen LogP contribution >= 0.6 is 0 Å². The monoisotopic (exact) mass is 943 g/mol. The molecule has 1 unspecified atom stereocenters. The van der Waals surface area contributed by atoms with Gasteiger partial charge in [-0.1, -0.05) is 36.4 Å². The van der Waals surface area contributed by atoms with E-state index in [2.05, 4.69) is 60.5 Å². The number of halogens is 3. The highest BCUT2D eigenvalue weighted by atomic mass is 19.4. The fourth-order valence-electron chi connectivity index (χ4n) is 11.5. The highest BCUT2D eigenvalue weighted by molar-refractivity contribution is 6.01. The minimum atomic E-state index is -4.34. The van der Waals surface area contributed by atoms with Crippen molar-refractivity contribution in [1.82, 2.24) is 29.2 Å². The van der Waals surface area contributed by atoms with E-state index >= 15 is 0 Å². The minimum absolute atomic E-state index is 0.0886. The number of fused-ring (bicyclic) bond motifs is 1. The molecule has 1 N–H and O–H groups in total. The maximum atomic E-state index is 14.4. The molecule has 3 aliphatic heterocycles. The molecule has 8 rings (SSSR count). The lowest BCUT2D eigenvalue weighted by Gasteiger charge is -2.46. The van der Waals surface area contributed by atoms with Gasteiger partial charge < -0.3 is 14.4 Å². The first-order valence-corrected chi connectivity index (χ1v) is 24.5. The lowest BCUT2D eigenvalue weighted by Crippen LogP contribution is -2.50. The molecule has 0 spiro atoms. The molecule has 368 valence electrons. The average Bonchev–Trinajstić information content (AvgIpc) is 3.55. The predicted octanol–water partition coefficient (Wildman–Crippen LogP) is 8.37. The molecule has 1 aliphatic carbocycles. The number of rotatable bonds is 14. The number of hydrogen-bond acceptors (Lipinski definition) is 8. The molecule has 0 bridgehead atoms. The van der Waals surface area contributed by atoms with Gasteiger partial charge in [0.1, 0.15) is 11.8 Å². The van der Waals surface area contributed by atoms with Gasteiger partial charge in [0.2, 0.25) is 11.8 Å². The number of benzene rings is 3. The number of alkyl halides is 3. The SMILES string of the molecule is COc1ccc([C@]2(CCN(Cc3ccc([C@H]4CC[C@H](CN5CCN(C(=O)c6ccc7c(c6)n(C)c(=O)n7C6CCC(=O)NC6=O)CC5)CC4)cc3)CC(C)(C)C(F)(F)F)CCOC(C)(C)C2)cc1. The predicted molar refractivity (Wildman–Crippen MR) is 256 cm³/mol. The first-order chi connectivity index (χ1) is 32.2. The molecule has 2 atom stereocenters. The summed E-state index contributed by atoms with van der Waals surface area (Å²) in [5, 5.41) is 2.33. The zero-order chi connectivity index (χ0) is 48.6. The Hall–Kier alpha value is -4.99. The van der Waals surface area contributed by atoms with E-state index < -0.39 is 23.5 Å². The van der Waals surface area contributed by atoms with Crippen molar-refractivity contribution in [3.63, 3.8) is 0 Å². The van der Waals surface area contributed by atoms with Crippen LogP contribution in [0.4, 0.5) is 13.2 Å². The van der Waals surface area contributed by atoms with Crippen LogP contribution in [0.3, 0.4) is 0 Å². The zero-order valence-electron chi connectivity index (χ0n) is 40.6. The summed E-state index contributed by atoms with van der Waals surface area (Å²) < 4.78 is 57.6. The third kappa shape index (κ3) is 10.7. The molecule has 68 heavy (non-hydrogen) atoms. The van der Waals surface area contributed by atoms with Gasteiger partial charge in [0.05, 0.1) is 29.2 Å². The molecular formula is C53H69F3N6O6. The standard InChI is InChI=1S/C53H69F3N6O6/c1-50(2,53(54,55)56)35-60(25-23-52(24-30-68-51(3,4)34-52)41-16-18-42(67-6)19-17-41)33-37-9-13-39(14-10-37)38-11-7-36(8-12-38)32-59-26-28-61(29-27-59)48(65)40-15-20-43-45(31-40)58(5)49(66)62(43)44-21-22-46(63)57-47(44)64/h9-10,13-20,31,36,38,44H,7-8,11-12,21-30,32-35H2,1-6H3,(H,57,63,64)/t36-,38-,44?,52-/m1/s1. The number of carbonyl (C=O) groups excluding carboxylic acids is 3. The quantitative estimate of drug-likeness (QED) is 0.126. The number of piperazine rings is 1. The number of carbonyl (C=O) groups is 3. The van der Waals surface area contributed by atoms with Crippen molar-refractivity contribution in [2.24, 2.45) is 18.4 Å². The molecule has 4 fully saturated rings. The van der Waals surface area contributed by atoms with Gasteiger partial charge in [0, 0.05) is 76.9 Å². The number of piperidine rings is 1. The van der Waals surface area contributed by atoms with Gasteiger partial charge in [-0.15, -0.1) is 0 Å². The van der Waals surface area contributed by atoms with E-state index in [1.54, 1.807) is 32.4 Å². The molecule has 3 aromatic carbocycles. The van der Waals surface area contributed by atoms with Gasteiger partial charge in [0.25, 0.3) is 5.91 Å². The Balaban J connectivity index is 0.842. The van der Waals surface area contributed by atoms with Crippen molar-refractivity contribution in [3.05, 3.63) is 99.5 Å². The summed E-state index contributed by atoms with van der Waals surface area (Å²) in [6.07, 6.45) is 2.73. The minimum Gasteiger partial charge on any atom is -0.497 e. The second kappa shape index (κ2) is 19.8. The van der Waals surface area contributed by atoms with Crippen LogP contribution in [0.2, 0.25) is 0 Å². The van der Waals surface area contributed by atoms with E-state index in [9.17, 15) is 32.3 Å². The van der Waals surface area contributed by atoms with Crippen molar-refractivity contribution >= 4 is 28.8 Å². The summed E-state index contributed by atoms with van der Waals surface area (Å²) in [7, 11) is 3.27. The van der Waals surface area contributed by atoms with E-state index in [1.807, 2.05) is 21.9 Å². The number of imide groups is 1. The molecule has 4 aromatic rings. The molecule has 0 radical (unpaired) electrons. The van der Waals surface area contributed by atoms with Gasteiger partial charge in [-0.05, 0) is 144 Å². The van der Waals surface area contributed by atoms with E-state index in [1.165, 1.54) is 34.1 Å². The summed E-state index contributed by atoms with van der Waals surface area (Å²) in [5.74, 6) is 0.850. The van der Waals surface area contributed by atoms with Gasteiger partial charge in [0.15, 0.2) is 0 Å². The second-order valence-corrected chi connectivity index (χ2v) is 21.3. The van der Waals surface area contributed by atoms with E-state index in [-0.39, 0.29) is 47.9 Å². The number of ether oxygens (including phenoxy) is 2. The largest absolute Gasteiger partial charge is 0.497 e. The number of imidazole rings is 1. The van der Waals surface area contributed by atoms with Gasteiger partial charge in [-0.25, -0.2) is 4.79 Å². The first kappa shape index (κ1) is 49.4. The molecule has 12 nitrogen and oxygen atoms in total. The van der Waals surface area contributed by atoms with Crippen molar-refractivity contribution in [2.75, 3.05) is 59.5 Å². The fraction of sp³-hybridized carbons (Fsp3) is 0.585. The Bertz CT molecular complexity index is 2500. The van der Waals surface area contributed by atoms with Crippen LogP contribution in [-0.4, -0.2) is 113 Å². The Morgan fingerprint density at radius 1 is 0.897 bits per heavy atom. The third-order valence-corrected chi connectivity index (χ3v) is 15.6. The summed E-state index contributed by atoms with van der Waals surface area (Å²) in [4.78, 5) is 57.6. The Morgan fingerprint density at radius 2 is 1.59 bits per heavy atom. The number of amides is 3. The van der Waals surface area contributed by atoms with Crippen LogP contribution < -0.4 is 15.7 Å². The number of nitrogens with one attached hydrogen (secondary N) is 1. The van der Waals surface area contributed by atoms with E-state index in [0.717, 1.165) is 69.5 Å². The molecular weight excluding hydrogens is 874 g/mol. The number of aryl methyl sites for hydroxylation is 1. The summed E-state index contributed by atoms with van der Waals surface area (Å²) >= 11 is 0. The van der Waals surface area contributed by atoms with Gasteiger partial charge in [-0.2, -0.15) is 13.2 Å². The molecule has 4 aliphatic rings. The third-order valence-electron chi connectivity index (χ3n) is 15.6. The maximum absolute atomic E-state index is 14.4. The second-order valence-electron chi connectivity index (χ2n) is 21.3. The zero-order valence-corrected chi connectivity index (χ0v) is 40.6. The average molecular weight is 943 g/mol. The smallest absolute Gasteiger partial charge is 0.395 e. The Morgan fingerprint density at radius 3 is 2.22 bits per heavy atom. The fourth-order valence-corrected chi connectivity index (χ4v) is 11.5. The molecule has 1 saturated carbocycles. The van der Waals surface area contributed by atoms with Crippen LogP contribution in [0.25, 0.3) is 11.0 Å². The van der Waals surface area contributed by atoms with E-state index in [4.69, 9.17) is 9.47 Å². The van der Waals surface area contributed by atoms with Gasteiger partial charge >= 0.3 is 11.9 Å². The molecule has 3 amide bonds. The van der Waals surface area contributed by atoms with Crippen molar-refractivity contribution < 1.29 is 37.0 Å². The van der Waals surface area contributed by atoms with Crippen molar-refractivity contribution in [3.8, 4) is 5.75 Å². The summed E-state index contributed by atoms with van der Waals surface area (Å²) in [6.45, 7) is 12.0. The lowest BCUT2D eigenvalue weighted by molar-refractivity contribution is -0.217. The van der Waals surface area contributed by atoms with Crippen molar-refractivity contribution in [2.45, 2.75) is 121 Å². The van der Waals surface area contributed by atoms with Crippen LogP contribution in [0.5, 0.6) is 5.75 Å². The van der Waals surface area contributed by atoms with Crippen LogP contribution in [-0.2, 0) is 33.3 Å². The molecule has 15 heteroatoms. The highest BCUT2D eigenvalue weighted by Crippen LogP contribution is 2.46. The van der Waals surface area contributed by atoms with Gasteiger partial charge in [-0.3, -0.25) is 38.6 Å². The number of methoxy groups -OCH3 is 1. The Labute approximate surface area is 398 Å². The van der Waals surface area contributed by atoms with Crippen molar-refractivity contribution in [1.29, 1.82) is 0 Å². The summed E-state index contributed by atoms with van der Waals surface area (Å²) in [6, 6.07) is 21.1. The van der Waals surface area contributed by atoms with E-state index in [0.29, 0.717) is 67.6 Å². The lowest BCUT2D eigenvalue weighted by atomic mass is 9.67. The highest BCUT2D eigenvalue weighted by Gasteiger charge is 2.49.